The standard InChI is InChI=1S/C30H36N2O6/c1-20-26(31-28(37-20)22-9-7-6-8-10-22)15-16-36-24-13-11-21(12-14-24)25-19-32(29(34)38-30(2,3)4)18-23(25)17-27(33)35-5/h6-14,23,25H,15-19H2,1-5H3/t23-,25-/m0/s1. The van der Waals surface area contributed by atoms with Crippen molar-refractivity contribution in [1.82, 2.24) is 9.88 Å². The first kappa shape index (κ1) is 27.2. The van der Waals surface area contributed by atoms with Gasteiger partial charge >= 0.3 is 12.1 Å². The van der Waals surface area contributed by atoms with Gasteiger partial charge in [0.25, 0.3) is 0 Å². The lowest BCUT2D eigenvalue weighted by molar-refractivity contribution is -0.141. The van der Waals surface area contributed by atoms with E-state index in [9.17, 15) is 9.59 Å². The first-order valence-corrected chi connectivity index (χ1v) is 12.9. The van der Waals surface area contributed by atoms with E-state index in [1.54, 1.807) is 4.90 Å². The number of aromatic nitrogens is 1. The Morgan fingerprint density at radius 1 is 1.05 bits per heavy atom. The van der Waals surface area contributed by atoms with Gasteiger partial charge in [-0.1, -0.05) is 30.3 Å². The van der Waals surface area contributed by atoms with Crippen LogP contribution in [0, 0.1) is 12.8 Å². The number of methoxy groups -OCH3 is 1. The zero-order valence-electron chi connectivity index (χ0n) is 22.7. The van der Waals surface area contributed by atoms with E-state index in [-0.39, 0.29) is 30.3 Å². The second-order valence-electron chi connectivity index (χ2n) is 10.6. The Labute approximate surface area is 223 Å². The number of aryl methyl sites for hydroxylation is 1. The van der Waals surface area contributed by atoms with Crippen LogP contribution in [0.1, 0.15) is 50.1 Å². The van der Waals surface area contributed by atoms with Crippen LogP contribution in [-0.2, 0) is 20.7 Å². The highest BCUT2D eigenvalue weighted by atomic mass is 16.6. The van der Waals surface area contributed by atoms with Crippen molar-refractivity contribution in [1.29, 1.82) is 0 Å². The van der Waals surface area contributed by atoms with Crippen LogP contribution in [0.3, 0.4) is 0 Å². The first-order valence-electron chi connectivity index (χ1n) is 12.9. The van der Waals surface area contributed by atoms with E-state index in [4.69, 9.17) is 18.6 Å². The van der Waals surface area contributed by atoms with E-state index in [1.165, 1.54) is 7.11 Å². The lowest BCUT2D eigenvalue weighted by atomic mass is 9.87. The third kappa shape index (κ3) is 6.94. The summed E-state index contributed by atoms with van der Waals surface area (Å²) in [5, 5.41) is 0. The van der Waals surface area contributed by atoms with Crippen LogP contribution in [0.2, 0.25) is 0 Å². The number of nitrogens with zero attached hydrogens (tertiary/aromatic N) is 2. The van der Waals surface area contributed by atoms with Crippen molar-refractivity contribution >= 4 is 12.1 Å². The molecule has 2 heterocycles. The molecule has 3 aromatic rings. The molecule has 2 atom stereocenters. The maximum absolute atomic E-state index is 12.7. The second kappa shape index (κ2) is 11.7. The van der Waals surface area contributed by atoms with Crippen LogP contribution in [-0.4, -0.2) is 54.4 Å². The average molecular weight is 521 g/mol. The lowest BCUT2D eigenvalue weighted by Gasteiger charge is -2.24. The molecule has 0 radical (unpaired) electrons. The van der Waals surface area contributed by atoms with Crippen LogP contribution in [0.15, 0.2) is 59.0 Å². The molecule has 0 saturated carbocycles. The molecule has 1 aliphatic rings. The van der Waals surface area contributed by atoms with E-state index in [0.29, 0.717) is 32.0 Å². The monoisotopic (exact) mass is 520 g/mol. The van der Waals surface area contributed by atoms with E-state index < -0.39 is 5.60 Å². The number of amides is 1. The molecule has 4 rings (SSSR count). The second-order valence-corrected chi connectivity index (χ2v) is 10.6. The number of esters is 1. The molecule has 0 spiro atoms. The number of hydrogen-bond donors (Lipinski definition) is 0. The van der Waals surface area contributed by atoms with E-state index >= 15 is 0 Å². The van der Waals surface area contributed by atoms with Crippen molar-refractivity contribution in [2.75, 3.05) is 26.8 Å². The highest BCUT2D eigenvalue weighted by Gasteiger charge is 2.39. The number of hydrogen-bond acceptors (Lipinski definition) is 7. The van der Waals surface area contributed by atoms with Gasteiger partial charge in [-0.25, -0.2) is 9.78 Å². The minimum Gasteiger partial charge on any atom is -0.493 e. The quantitative estimate of drug-likeness (QED) is 0.348. The van der Waals surface area contributed by atoms with Crippen molar-refractivity contribution in [2.24, 2.45) is 5.92 Å². The number of oxazole rings is 1. The van der Waals surface area contributed by atoms with Crippen molar-refractivity contribution < 1.29 is 28.2 Å². The predicted molar refractivity (Wildman–Crippen MR) is 143 cm³/mol. The topological polar surface area (TPSA) is 91.1 Å². The van der Waals surface area contributed by atoms with Gasteiger partial charge in [0, 0.05) is 31.0 Å². The Balaban J connectivity index is 1.37. The molecular formula is C30H36N2O6. The van der Waals surface area contributed by atoms with Gasteiger partial charge in [-0.05, 0) is 63.4 Å². The first-order chi connectivity index (χ1) is 18.1. The third-order valence-electron chi connectivity index (χ3n) is 6.58. The van der Waals surface area contributed by atoms with Crippen LogP contribution < -0.4 is 4.74 Å². The van der Waals surface area contributed by atoms with Gasteiger partial charge in [-0.3, -0.25) is 4.79 Å². The minimum absolute atomic E-state index is 0.00939. The Hall–Kier alpha value is -3.81. The maximum Gasteiger partial charge on any atom is 0.410 e. The molecule has 8 nitrogen and oxygen atoms in total. The molecule has 2 aromatic carbocycles. The molecule has 0 aliphatic carbocycles. The SMILES string of the molecule is COC(=O)C[C@H]1CN(C(=O)OC(C)(C)C)C[C@H]1c1ccc(OCCc2nc(-c3ccccc3)oc2C)cc1. The Morgan fingerprint density at radius 3 is 2.42 bits per heavy atom. The molecule has 1 fully saturated rings. The van der Waals surface area contributed by atoms with Gasteiger partial charge in [0.15, 0.2) is 0 Å². The fraction of sp³-hybridized carbons (Fsp3) is 0.433. The molecule has 202 valence electrons. The van der Waals surface area contributed by atoms with Crippen molar-refractivity contribution in [2.45, 2.75) is 52.1 Å². The average Bonchev–Trinajstić information content (AvgIpc) is 3.47. The summed E-state index contributed by atoms with van der Waals surface area (Å²) in [5.41, 5.74) is 2.28. The number of carbonyl (C=O) groups is 2. The Morgan fingerprint density at radius 2 is 1.76 bits per heavy atom. The van der Waals surface area contributed by atoms with E-state index in [0.717, 1.165) is 28.3 Å². The molecule has 38 heavy (non-hydrogen) atoms. The normalized spacial score (nSPS) is 17.3. The Bertz CT molecular complexity index is 1230. The lowest BCUT2D eigenvalue weighted by Crippen LogP contribution is -2.35. The fourth-order valence-corrected chi connectivity index (χ4v) is 4.67. The van der Waals surface area contributed by atoms with Gasteiger partial charge < -0.3 is 23.5 Å². The van der Waals surface area contributed by atoms with E-state index in [1.807, 2.05) is 82.3 Å². The number of likely N-dealkylation sites (tertiary alicyclic amines) is 1. The zero-order valence-corrected chi connectivity index (χ0v) is 22.7. The summed E-state index contributed by atoms with van der Waals surface area (Å²) in [7, 11) is 1.38. The van der Waals surface area contributed by atoms with Crippen molar-refractivity contribution in [3.8, 4) is 17.2 Å². The molecule has 1 amide bonds. The molecular weight excluding hydrogens is 484 g/mol. The summed E-state index contributed by atoms with van der Waals surface area (Å²) in [5.74, 6) is 1.78. The molecule has 0 bridgehead atoms. The van der Waals surface area contributed by atoms with Gasteiger partial charge in [0.1, 0.15) is 17.1 Å². The van der Waals surface area contributed by atoms with Crippen molar-refractivity contribution in [3.05, 3.63) is 71.6 Å². The number of rotatable bonds is 8. The number of ether oxygens (including phenoxy) is 3. The number of carbonyl (C=O) groups excluding carboxylic acids is 2. The molecule has 1 aliphatic heterocycles. The van der Waals surface area contributed by atoms with Crippen LogP contribution in [0.4, 0.5) is 4.79 Å². The van der Waals surface area contributed by atoms with Gasteiger partial charge in [-0.15, -0.1) is 0 Å². The van der Waals surface area contributed by atoms with Crippen LogP contribution in [0.25, 0.3) is 11.5 Å². The molecule has 0 N–H and O–H groups in total. The van der Waals surface area contributed by atoms with Gasteiger partial charge in [0.2, 0.25) is 5.89 Å². The predicted octanol–water partition coefficient (Wildman–Crippen LogP) is 5.79. The minimum atomic E-state index is -0.584. The summed E-state index contributed by atoms with van der Waals surface area (Å²) in [4.78, 5) is 31.1. The third-order valence-corrected chi connectivity index (χ3v) is 6.58. The van der Waals surface area contributed by atoms with Gasteiger partial charge in [-0.2, -0.15) is 0 Å². The molecule has 8 heteroatoms. The fourth-order valence-electron chi connectivity index (χ4n) is 4.67. The molecule has 1 aromatic heterocycles. The van der Waals surface area contributed by atoms with Crippen molar-refractivity contribution in [3.63, 3.8) is 0 Å². The molecule has 1 saturated heterocycles. The highest BCUT2D eigenvalue weighted by Crippen LogP contribution is 2.36. The van der Waals surface area contributed by atoms with Gasteiger partial charge in [0.05, 0.1) is 25.8 Å². The maximum atomic E-state index is 12.7. The summed E-state index contributed by atoms with van der Waals surface area (Å²) < 4.78 is 22.3. The highest BCUT2D eigenvalue weighted by molar-refractivity contribution is 5.71. The summed E-state index contributed by atoms with van der Waals surface area (Å²) in [6.45, 7) is 8.82. The smallest absolute Gasteiger partial charge is 0.410 e. The van der Waals surface area contributed by atoms with Crippen LogP contribution in [0.5, 0.6) is 5.75 Å². The molecule has 0 unspecified atom stereocenters. The summed E-state index contributed by atoms with van der Waals surface area (Å²) >= 11 is 0. The Kier molecular flexibility index (Phi) is 8.39. The number of benzene rings is 2. The summed E-state index contributed by atoms with van der Waals surface area (Å²) in [6.07, 6.45) is 0.493. The zero-order chi connectivity index (χ0) is 27.3. The van der Waals surface area contributed by atoms with E-state index in [2.05, 4.69) is 4.98 Å². The summed E-state index contributed by atoms with van der Waals surface area (Å²) in [6, 6.07) is 17.7. The van der Waals surface area contributed by atoms with Crippen LogP contribution >= 0.6 is 0 Å². The largest absolute Gasteiger partial charge is 0.493 e.